The van der Waals surface area contributed by atoms with Crippen molar-refractivity contribution in [3.63, 3.8) is 0 Å². The van der Waals surface area contributed by atoms with Crippen molar-refractivity contribution < 1.29 is 27.1 Å². The van der Waals surface area contributed by atoms with Crippen LogP contribution < -0.4 is 16.0 Å². The highest BCUT2D eigenvalue weighted by Crippen LogP contribution is 2.31. The van der Waals surface area contributed by atoms with E-state index in [9.17, 15) is 18.0 Å². The Balaban J connectivity index is 2.03. The van der Waals surface area contributed by atoms with E-state index < -0.39 is 17.6 Å². The second-order valence-corrected chi connectivity index (χ2v) is 4.09. The molecule has 1 amide bonds. The summed E-state index contributed by atoms with van der Waals surface area (Å²) in [5, 5.41) is 0. The topological polar surface area (TPSA) is 77.5 Å². The number of carbonyl (C=O) groups excluding carboxylic acids is 1. The molecule has 0 aliphatic heterocycles. The fourth-order valence-electron chi connectivity index (χ4n) is 1.58. The number of hydrogen-bond acceptors (Lipinski definition) is 4. The first-order valence-corrected chi connectivity index (χ1v) is 5.78. The summed E-state index contributed by atoms with van der Waals surface area (Å²) < 4.78 is 47.8. The fraction of sp³-hybridized carbons (Fsp3) is 0.154. The van der Waals surface area contributed by atoms with Gasteiger partial charge in [-0.25, -0.2) is 5.84 Å². The van der Waals surface area contributed by atoms with Crippen LogP contribution in [0.2, 0.25) is 0 Å². The van der Waals surface area contributed by atoms with Crippen molar-refractivity contribution in [3.05, 3.63) is 53.5 Å². The number of alkyl halides is 3. The molecule has 0 atom stereocenters. The average Bonchev–Trinajstić information content (AvgIpc) is 2.92. The number of nitrogens with two attached hydrogens (primary N) is 1. The zero-order valence-electron chi connectivity index (χ0n) is 10.6. The molecule has 21 heavy (non-hydrogen) atoms. The number of carbonyl (C=O) groups is 1. The van der Waals surface area contributed by atoms with Gasteiger partial charge in [0, 0.05) is 0 Å². The molecule has 0 saturated carbocycles. The molecule has 112 valence electrons. The van der Waals surface area contributed by atoms with Crippen LogP contribution in [-0.2, 0) is 12.8 Å². The first kappa shape index (κ1) is 14.9. The predicted molar refractivity (Wildman–Crippen MR) is 66.1 cm³/mol. The Morgan fingerprint density at radius 1 is 1.33 bits per heavy atom. The molecule has 8 heteroatoms. The minimum absolute atomic E-state index is 0.0473. The van der Waals surface area contributed by atoms with Crippen LogP contribution in [0.5, 0.6) is 5.75 Å². The number of nitrogens with one attached hydrogen (secondary N) is 1. The average molecular weight is 300 g/mol. The molecule has 1 aromatic carbocycles. The smallest absolute Gasteiger partial charge is 0.416 e. The van der Waals surface area contributed by atoms with Gasteiger partial charge in [-0.15, -0.1) is 0 Å². The minimum Gasteiger partial charge on any atom is -0.486 e. The van der Waals surface area contributed by atoms with Gasteiger partial charge in [0.05, 0.1) is 11.1 Å². The highest BCUT2D eigenvalue weighted by atomic mass is 19.4. The van der Waals surface area contributed by atoms with E-state index in [1.807, 2.05) is 5.43 Å². The normalized spacial score (nSPS) is 11.2. The van der Waals surface area contributed by atoms with Crippen LogP contribution in [0.4, 0.5) is 13.2 Å². The highest BCUT2D eigenvalue weighted by Gasteiger charge is 2.30. The number of rotatable bonds is 4. The lowest BCUT2D eigenvalue weighted by Gasteiger charge is -2.09. The molecule has 3 N–H and O–H groups in total. The quantitative estimate of drug-likeness (QED) is 0.516. The van der Waals surface area contributed by atoms with E-state index in [0.29, 0.717) is 0 Å². The van der Waals surface area contributed by atoms with Crippen molar-refractivity contribution in [2.45, 2.75) is 12.8 Å². The van der Waals surface area contributed by atoms with Gasteiger partial charge < -0.3 is 9.15 Å². The summed E-state index contributed by atoms with van der Waals surface area (Å²) >= 11 is 0. The van der Waals surface area contributed by atoms with Crippen LogP contribution in [0.25, 0.3) is 0 Å². The molecule has 0 aliphatic carbocycles. The third kappa shape index (κ3) is 3.76. The van der Waals surface area contributed by atoms with E-state index in [4.69, 9.17) is 15.0 Å². The summed E-state index contributed by atoms with van der Waals surface area (Å²) in [5.41, 5.74) is 1.32. The van der Waals surface area contributed by atoms with Gasteiger partial charge in [-0.05, 0) is 24.3 Å². The number of amides is 1. The number of hydrogen-bond donors (Lipinski definition) is 2. The molecule has 0 unspecified atom stereocenters. The molecule has 2 rings (SSSR count). The Bertz CT molecular complexity index is 638. The van der Waals surface area contributed by atoms with Gasteiger partial charge >= 0.3 is 6.18 Å². The minimum atomic E-state index is -4.43. The lowest BCUT2D eigenvalue weighted by molar-refractivity contribution is -0.137. The van der Waals surface area contributed by atoms with Crippen LogP contribution in [0.3, 0.4) is 0 Å². The Labute approximate surface area is 117 Å². The van der Waals surface area contributed by atoms with Gasteiger partial charge in [0.1, 0.15) is 24.4 Å². The second kappa shape index (κ2) is 5.88. The number of benzene rings is 1. The monoisotopic (exact) mass is 300 g/mol. The third-order valence-corrected chi connectivity index (χ3v) is 2.59. The first-order valence-electron chi connectivity index (χ1n) is 5.78. The van der Waals surface area contributed by atoms with Crippen LogP contribution in [-0.4, -0.2) is 5.91 Å². The third-order valence-electron chi connectivity index (χ3n) is 2.59. The van der Waals surface area contributed by atoms with Crippen LogP contribution in [0.1, 0.15) is 21.7 Å². The zero-order valence-corrected chi connectivity index (χ0v) is 10.6. The Morgan fingerprint density at radius 3 is 2.76 bits per heavy atom. The summed E-state index contributed by atoms with van der Waals surface area (Å²) in [4.78, 5) is 11.2. The van der Waals surface area contributed by atoms with E-state index >= 15 is 0 Å². The number of hydrazine groups is 1. The van der Waals surface area contributed by atoms with Gasteiger partial charge in [-0.3, -0.25) is 10.2 Å². The van der Waals surface area contributed by atoms with Crippen molar-refractivity contribution in [1.82, 2.24) is 5.43 Å². The maximum Gasteiger partial charge on any atom is 0.416 e. The second-order valence-electron chi connectivity index (χ2n) is 4.09. The molecular weight excluding hydrogens is 289 g/mol. The molecule has 5 nitrogen and oxygen atoms in total. The molecule has 0 aliphatic rings. The number of nitrogen functional groups attached to an aromatic ring is 1. The van der Waals surface area contributed by atoms with E-state index in [1.54, 1.807) is 0 Å². The van der Waals surface area contributed by atoms with Gasteiger partial charge in [-0.1, -0.05) is 6.07 Å². The maximum absolute atomic E-state index is 12.5. The predicted octanol–water partition coefficient (Wildman–Crippen LogP) is 2.48. The summed E-state index contributed by atoms with van der Waals surface area (Å²) in [7, 11) is 0. The molecule has 0 bridgehead atoms. The summed E-state index contributed by atoms with van der Waals surface area (Å²) in [6.45, 7) is -0.112. The first-order chi connectivity index (χ1) is 9.90. The molecule has 0 fully saturated rings. The molecule has 0 saturated heterocycles. The van der Waals surface area contributed by atoms with E-state index in [0.717, 1.165) is 12.1 Å². The summed E-state index contributed by atoms with van der Waals surface area (Å²) in [6, 6.07) is 5.86. The number of halogens is 3. The Morgan fingerprint density at radius 2 is 2.10 bits per heavy atom. The van der Waals surface area contributed by atoms with Crippen molar-refractivity contribution in [2.75, 3.05) is 0 Å². The number of ether oxygens (including phenoxy) is 1. The van der Waals surface area contributed by atoms with Gasteiger partial charge in [-0.2, -0.15) is 13.2 Å². The fourth-order valence-corrected chi connectivity index (χ4v) is 1.58. The van der Waals surface area contributed by atoms with E-state index in [1.165, 1.54) is 24.5 Å². The zero-order chi connectivity index (χ0) is 15.5. The highest BCUT2D eigenvalue weighted by molar-refractivity contribution is 5.93. The van der Waals surface area contributed by atoms with Gasteiger partial charge in [0.15, 0.2) is 0 Å². The SMILES string of the molecule is NNC(=O)c1coc(COc2cccc(C(F)(F)F)c2)c1. The maximum atomic E-state index is 12.5. The largest absolute Gasteiger partial charge is 0.486 e. The van der Waals surface area contributed by atoms with Crippen molar-refractivity contribution in [3.8, 4) is 5.75 Å². The Kier molecular flexibility index (Phi) is 4.18. The molecule has 2 aromatic rings. The standard InChI is InChI=1S/C13H11F3N2O3/c14-13(15,16)9-2-1-3-10(5-9)21-7-11-4-8(6-20-11)12(19)18-17/h1-6H,7,17H2,(H,18,19). The van der Waals surface area contributed by atoms with Crippen LogP contribution in [0, 0.1) is 0 Å². The molecule has 1 heterocycles. The Hall–Kier alpha value is -2.48. The summed E-state index contributed by atoms with van der Waals surface area (Å²) in [6.07, 6.45) is -3.26. The lowest BCUT2D eigenvalue weighted by Crippen LogP contribution is -2.29. The lowest BCUT2D eigenvalue weighted by atomic mass is 10.2. The van der Waals surface area contributed by atoms with Crippen molar-refractivity contribution in [1.29, 1.82) is 0 Å². The van der Waals surface area contributed by atoms with E-state index in [2.05, 4.69) is 0 Å². The van der Waals surface area contributed by atoms with Crippen molar-refractivity contribution in [2.24, 2.45) is 5.84 Å². The number of furan rings is 1. The summed E-state index contributed by atoms with van der Waals surface area (Å²) in [5.74, 6) is 4.75. The molecule has 0 radical (unpaired) electrons. The molecule has 1 aromatic heterocycles. The van der Waals surface area contributed by atoms with Gasteiger partial charge in [0.2, 0.25) is 0 Å². The van der Waals surface area contributed by atoms with Crippen LogP contribution in [0.15, 0.2) is 41.0 Å². The van der Waals surface area contributed by atoms with Crippen LogP contribution >= 0.6 is 0 Å². The molecular formula is C13H11F3N2O3. The molecule has 0 spiro atoms. The van der Waals surface area contributed by atoms with Gasteiger partial charge in [0.25, 0.3) is 5.91 Å². The van der Waals surface area contributed by atoms with Crippen molar-refractivity contribution >= 4 is 5.91 Å². The van der Waals surface area contributed by atoms with E-state index in [-0.39, 0.29) is 23.7 Å².